The lowest BCUT2D eigenvalue weighted by Crippen LogP contribution is -2.61. The van der Waals surface area contributed by atoms with Crippen molar-refractivity contribution in [1.29, 1.82) is 0 Å². The first-order valence-electron chi connectivity index (χ1n) is 42.4. The number of cyclic esters (lactones) is 1. The van der Waals surface area contributed by atoms with Gasteiger partial charge in [0.15, 0.2) is 17.8 Å². The Morgan fingerprint density at radius 2 is 1.45 bits per heavy atom. The number of aromatic nitrogens is 5. The van der Waals surface area contributed by atoms with Crippen LogP contribution in [0, 0.1) is 35.5 Å². The fourth-order valence-corrected chi connectivity index (χ4v) is 15.4. The molecule has 1 saturated carbocycles. The second-order valence-electron chi connectivity index (χ2n) is 31.4. The SMILES string of the molecule is CCOCCOCCOCCC(=O)NCCCCn1nc(-c2ccc3oc(N)nc3c2)c2c(N)ncnc21.CCOCCOCCOCCNC(=O)CON=C1[C@H](C)C[C@H](C)/C=C/C=C/C=C(\C)[C@@H](OC)C[C@@H]2CC[C@@H](C)[C@@](O)(O2)C(=O)C(=O)N2CCCC[C@H]2C(=O)O[C@H]([C@H](C)C[C@@H]2CC[C@@H](O)[C@H](OC)C2)C[C@@H](O)[C@H](C)/C=C(\C)[C@@H](O)[C@H]1OC. The van der Waals surface area contributed by atoms with Crippen LogP contribution in [0.4, 0.5) is 11.8 Å². The number of oxime groups is 1. The number of ether oxygens (including phenoxy) is 11. The standard InChI is InChI=1S/C61H101N3O17.C25H34N8O5/c1-12-76-28-29-78-31-30-77-27-25-62-54(67)38-79-63-55-43(6)32-39(2)18-14-13-15-19-40(3)51(73-9)36-47-23-21-45(8)61(72,81-47)58(69)59(70)64-26-17-16-20-48(64)60(71)80-52(42(5)34-46-22-24-49(65)53(35-46)74-10)37-50(66)41(4)33-44(7)56(68)57(55)75-11;1-2-35-11-12-37-14-13-36-10-7-20(34)28-8-3-4-9-33-24-21(23(26)29-16-30-24)22(32-33)17-5-6-19-18(15-17)31-25(27)38-19/h13-15,18-19,33,39,41-43,45-53,56-57,65-66,68,72H,12,16-17,20-32,34-38H2,1-11H3,(H,62,67);5-6,15-16H,2-4,7-14H2,1H3,(H2,27,31)(H,28,34)(H2,26,29,30)/b15-13+,18-14+,40-19+,44-33+,63-55?;/t39-,41-,42-,43-,45-,46+,47+,48+,49-,50-,51+,52+,53-,56-,57+,61-;/m1./s1. The topological polar surface area (TPSA) is 438 Å². The number of aliphatic hydroxyl groups excluding tert-OH is 3. The normalized spacial score (nSPS) is 28.2. The molecule has 2 bridgehead atoms. The summed E-state index contributed by atoms with van der Waals surface area (Å²) in [5.41, 5.74) is 16.9. The average Bonchev–Trinajstić information content (AvgIpc) is 1.68. The molecule has 3 fully saturated rings. The Morgan fingerprint density at radius 3 is 2.14 bits per heavy atom. The Morgan fingerprint density at radius 1 is 0.748 bits per heavy atom. The maximum absolute atomic E-state index is 14.6. The van der Waals surface area contributed by atoms with Crippen molar-refractivity contribution in [2.45, 2.75) is 226 Å². The summed E-state index contributed by atoms with van der Waals surface area (Å²) in [4.78, 5) is 87.9. The number of carbonyl (C=O) groups is 5. The van der Waals surface area contributed by atoms with E-state index in [1.54, 1.807) is 47.1 Å². The van der Waals surface area contributed by atoms with Crippen molar-refractivity contribution in [1.82, 2.24) is 40.3 Å². The van der Waals surface area contributed by atoms with Gasteiger partial charge in [-0.05, 0) is 152 Å². The van der Waals surface area contributed by atoms with E-state index in [0.717, 1.165) is 30.4 Å². The summed E-state index contributed by atoms with van der Waals surface area (Å²) < 4.78 is 69.6. The molecule has 10 N–H and O–H groups in total. The summed E-state index contributed by atoms with van der Waals surface area (Å²) in [7, 11) is 4.61. The number of ketones is 1. The Kier molecular flexibility index (Phi) is 42.9. The fraction of sp³-hybridized carbons (Fsp3) is 0.698. The summed E-state index contributed by atoms with van der Waals surface area (Å²) in [5, 5.41) is 62.4. The van der Waals surface area contributed by atoms with Crippen molar-refractivity contribution < 1.29 is 106 Å². The molecule has 16 atom stereocenters. The van der Waals surface area contributed by atoms with Gasteiger partial charge in [0.05, 0.1) is 108 Å². The zero-order valence-corrected chi connectivity index (χ0v) is 72.0. The zero-order chi connectivity index (χ0) is 86.4. The first kappa shape index (κ1) is 98.4. The molecule has 1 aromatic carbocycles. The molecule has 33 heteroatoms. The van der Waals surface area contributed by atoms with Gasteiger partial charge in [0.25, 0.3) is 23.6 Å². The van der Waals surface area contributed by atoms with Gasteiger partial charge in [0, 0.05) is 103 Å². The quantitative estimate of drug-likeness (QED) is 0.00708. The van der Waals surface area contributed by atoms with E-state index >= 15 is 0 Å². The molecule has 0 spiro atoms. The molecule has 33 nitrogen and oxygen atoms in total. The minimum Gasteiger partial charge on any atom is -0.460 e. The van der Waals surface area contributed by atoms with E-state index in [0.29, 0.717) is 195 Å². The van der Waals surface area contributed by atoms with E-state index in [-0.39, 0.29) is 74.2 Å². The fourth-order valence-electron chi connectivity index (χ4n) is 15.4. The van der Waals surface area contributed by atoms with E-state index in [4.69, 9.17) is 77.9 Å². The third kappa shape index (κ3) is 31.0. The Balaban J connectivity index is 0.000000424. The molecule has 6 heterocycles. The minimum absolute atomic E-state index is 0.00185. The van der Waals surface area contributed by atoms with Crippen molar-refractivity contribution in [2.24, 2.45) is 40.7 Å². The van der Waals surface area contributed by atoms with Gasteiger partial charge in [0.1, 0.15) is 47.7 Å². The van der Waals surface area contributed by atoms with E-state index in [2.05, 4.69) is 37.7 Å². The lowest BCUT2D eigenvalue weighted by atomic mass is 9.78. The van der Waals surface area contributed by atoms with Gasteiger partial charge >= 0.3 is 5.97 Å². The number of anilines is 2. The van der Waals surface area contributed by atoms with Gasteiger partial charge in [-0.1, -0.05) is 76.2 Å². The Hall–Kier alpha value is -7.74. The number of hydrogen-bond donors (Lipinski definition) is 8. The molecule has 3 aliphatic heterocycles. The monoisotopic (exact) mass is 1670 g/mol. The number of methoxy groups -OCH3 is 3. The number of allylic oxidation sites excluding steroid dienone is 5. The number of fused-ring (bicyclic) bond motifs is 5. The number of nitrogen functional groups attached to an aromatic ring is 2. The van der Waals surface area contributed by atoms with Crippen LogP contribution in [0.1, 0.15) is 159 Å². The van der Waals surface area contributed by atoms with Crippen LogP contribution in [0.5, 0.6) is 0 Å². The molecular formula is C86H135N11O22. The summed E-state index contributed by atoms with van der Waals surface area (Å²) in [6, 6.07) is 4.49. The number of unbranched alkanes of at least 4 members (excludes halogenated alkanes) is 1. The number of amides is 3. The third-order valence-corrected chi connectivity index (χ3v) is 22.4. The second kappa shape index (κ2) is 51.9. The Bertz CT molecular complexity index is 3910. The molecule has 4 aromatic rings. The number of rotatable bonds is 35. The number of nitrogens with one attached hydrogen (secondary N) is 2. The van der Waals surface area contributed by atoms with Crippen LogP contribution in [0.15, 0.2) is 81.7 Å². The van der Waals surface area contributed by atoms with Crippen LogP contribution in [-0.2, 0) is 87.5 Å². The summed E-state index contributed by atoms with van der Waals surface area (Å²) in [6.45, 7) is 23.8. The van der Waals surface area contributed by atoms with Crippen LogP contribution in [-0.4, -0.2) is 273 Å². The molecule has 0 radical (unpaired) electrons. The number of aryl methyl sites for hydroxylation is 1. The minimum atomic E-state index is -2.44. The molecule has 1 aliphatic carbocycles. The van der Waals surface area contributed by atoms with Gasteiger partial charge in [-0.3, -0.25) is 19.2 Å². The maximum atomic E-state index is 14.6. The number of esters is 1. The molecule has 3 amide bonds. The molecule has 666 valence electrons. The molecule has 2 saturated heterocycles. The van der Waals surface area contributed by atoms with Crippen molar-refractivity contribution in [3.05, 3.63) is 72.1 Å². The maximum Gasteiger partial charge on any atom is 0.329 e. The highest BCUT2D eigenvalue weighted by Gasteiger charge is 2.53. The predicted molar refractivity (Wildman–Crippen MR) is 448 cm³/mol. The van der Waals surface area contributed by atoms with E-state index in [1.165, 1.54) is 18.3 Å². The van der Waals surface area contributed by atoms with Crippen LogP contribution in [0.3, 0.4) is 0 Å². The third-order valence-electron chi connectivity index (χ3n) is 22.4. The van der Waals surface area contributed by atoms with Gasteiger partial charge in [0.2, 0.25) is 11.7 Å². The summed E-state index contributed by atoms with van der Waals surface area (Å²) in [5.74, 6) is -7.27. The van der Waals surface area contributed by atoms with Gasteiger partial charge < -0.3 is 109 Å². The second-order valence-corrected chi connectivity index (χ2v) is 31.4. The van der Waals surface area contributed by atoms with Gasteiger partial charge in [-0.15, -0.1) is 0 Å². The van der Waals surface area contributed by atoms with Crippen LogP contribution in [0.25, 0.3) is 33.4 Å². The molecule has 8 rings (SSSR count). The Labute approximate surface area is 700 Å². The van der Waals surface area contributed by atoms with Crippen molar-refractivity contribution in [3.63, 3.8) is 0 Å². The number of carbonyl (C=O) groups excluding carboxylic acids is 5. The lowest BCUT2D eigenvalue weighted by molar-refractivity contribution is -0.265. The number of oxazole rings is 1. The number of nitrogens with zero attached hydrogens (tertiary/aromatic N) is 7. The zero-order valence-electron chi connectivity index (χ0n) is 72.0. The number of Topliss-reactive ketones (excluding diaryl/α,β-unsaturated/α-hetero) is 1. The first-order chi connectivity index (χ1) is 57.2. The van der Waals surface area contributed by atoms with Gasteiger partial charge in [-0.2, -0.15) is 10.1 Å². The van der Waals surface area contributed by atoms with Gasteiger partial charge in [-0.25, -0.2) is 19.4 Å². The lowest BCUT2D eigenvalue weighted by Gasteiger charge is -2.43. The average molecular weight is 1680 g/mol. The molecule has 3 aromatic heterocycles. The highest BCUT2D eigenvalue weighted by Crippen LogP contribution is 2.39. The number of hydrogen-bond acceptors (Lipinski definition) is 29. The highest BCUT2D eigenvalue weighted by molar-refractivity contribution is 6.39. The van der Waals surface area contributed by atoms with Crippen LogP contribution >= 0.6 is 0 Å². The van der Waals surface area contributed by atoms with Crippen molar-refractivity contribution >= 4 is 69.2 Å². The number of benzene rings is 1. The first-order valence-corrected chi connectivity index (χ1v) is 42.4. The number of nitrogens with two attached hydrogens (primary N) is 2. The van der Waals surface area contributed by atoms with Crippen molar-refractivity contribution in [2.75, 3.05) is 138 Å². The largest absolute Gasteiger partial charge is 0.460 e. The summed E-state index contributed by atoms with van der Waals surface area (Å²) in [6.07, 6.45) is 14.0. The van der Waals surface area contributed by atoms with E-state index in [9.17, 15) is 44.4 Å². The number of aliphatic hydroxyl groups is 4. The van der Waals surface area contributed by atoms with Crippen LogP contribution in [0.2, 0.25) is 0 Å². The molecule has 119 heavy (non-hydrogen) atoms. The molecular weight excluding hydrogens is 1540 g/mol. The number of piperidine rings is 1. The van der Waals surface area contributed by atoms with Crippen LogP contribution < -0.4 is 22.1 Å². The predicted octanol–water partition coefficient (Wildman–Crippen LogP) is 8.12. The van der Waals surface area contributed by atoms with E-state index in [1.807, 2.05) is 81.8 Å². The van der Waals surface area contributed by atoms with Crippen molar-refractivity contribution in [3.8, 4) is 11.3 Å². The van der Waals surface area contributed by atoms with E-state index < -0.39 is 96.6 Å². The molecule has 0 unspecified atom stereocenters. The summed E-state index contributed by atoms with van der Waals surface area (Å²) >= 11 is 0. The molecule has 4 aliphatic rings. The highest BCUT2D eigenvalue weighted by atomic mass is 16.6. The smallest absolute Gasteiger partial charge is 0.329 e.